The second-order valence-corrected chi connectivity index (χ2v) is 5.94. The van der Waals surface area contributed by atoms with Crippen molar-refractivity contribution in [3.05, 3.63) is 64.6 Å². The maximum absolute atomic E-state index is 12.0. The maximum Gasteiger partial charge on any atom is 0.264 e. The number of nitrogens with one attached hydrogen (secondary N) is 1. The molecule has 0 unspecified atom stereocenters. The van der Waals surface area contributed by atoms with Crippen LogP contribution >= 0.6 is 11.8 Å². The third kappa shape index (κ3) is 3.38. The molecule has 0 atom stereocenters. The number of aromatic hydroxyl groups is 1. The van der Waals surface area contributed by atoms with Crippen LogP contribution in [0, 0.1) is 6.92 Å². The molecule has 1 aliphatic rings. The number of carbonyl (C=O) groups excluding carboxylic acids is 1. The van der Waals surface area contributed by atoms with E-state index in [0.29, 0.717) is 15.8 Å². The van der Waals surface area contributed by atoms with Crippen molar-refractivity contribution in [2.75, 3.05) is 0 Å². The lowest BCUT2D eigenvalue weighted by molar-refractivity contribution is -0.115. The number of nitrogens with zero attached hydrogens (tertiary/aromatic N) is 1. The van der Waals surface area contributed by atoms with Crippen LogP contribution in [0.4, 0.5) is 5.69 Å². The Hall–Kier alpha value is -2.53. The normalized spacial score (nSPS) is 18.0. The highest BCUT2D eigenvalue weighted by Crippen LogP contribution is 2.28. The fourth-order valence-electron chi connectivity index (χ4n) is 1.94. The zero-order chi connectivity index (χ0) is 15.5. The van der Waals surface area contributed by atoms with Crippen molar-refractivity contribution in [3.8, 4) is 5.75 Å². The molecule has 1 amide bonds. The van der Waals surface area contributed by atoms with Gasteiger partial charge in [0, 0.05) is 0 Å². The number of amides is 1. The maximum atomic E-state index is 12.0. The molecule has 3 rings (SSSR count). The van der Waals surface area contributed by atoms with E-state index in [-0.39, 0.29) is 11.7 Å². The summed E-state index contributed by atoms with van der Waals surface area (Å²) in [6.45, 7) is 2.02. The van der Waals surface area contributed by atoms with Crippen molar-refractivity contribution in [3.63, 3.8) is 0 Å². The van der Waals surface area contributed by atoms with Gasteiger partial charge >= 0.3 is 0 Å². The molecule has 1 heterocycles. The van der Waals surface area contributed by atoms with Gasteiger partial charge in [0.25, 0.3) is 5.91 Å². The van der Waals surface area contributed by atoms with Gasteiger partial charge in [0.1, 0.15) is 5.75 Å². The highest BCUT2D eigenvalue weighted by Gasteiger charge is 2.23. The van der Waals surface area contributed by atoms with Gasteiger partial charge in [-0.3, -0.25) is 4.79 Å². The Morgan fingerprint density at radius 2 is 1.77 bits per heavy atom. The summed E-state index contributed by atoms with van der Waals surface area (Å²) in [5.41, 5.74) is 2.84. The van der Waals surface area contributed by atoms with E-state index in [1.54, 1.807) is 24.3 Å². The number of aryl methyl sites for hydroxylation is 1. The Bertz CT molecular complexity index is 762. The van der Waals surface area contributed by atoms with E-state index in [1.165, 1.54) is 17.3 Å². The molecule has 2 aromatic carbocycles. The molecule has 0 bridgehead atoms. The minimum absolute atomic E-state index is 0.150. The van der Waals surface area contributed by atoms with Gasteiger partial charge < -0.3 is 10.4 Å². The number of phenolic OH excluding ortho intramolecular Hbond substituents is 1. The van der Waals surface area contributed by atoms with Gasteiger partial charge in [0.15, 0.2) is 5.17 Å². The van der Waals surface area contributed by atoms with Gasteiger partial charge in [0.2, 0.25) is 0 Å². The number of rotatable bonds is 2. The van der Waals surface area contributed by atoms with E-state index >= 15 is 0 Å². The molecule has 5 heteroatoms. The Kier molecular flexibility index (Phi) is 3.98. The van der Waals surface area contributed by atoms with Crippen LogP contribution in [0.5, 0.6) is 5.75 Å². The predicted octanol–water partition coefficient (Wildman–Crippen LogP) is 3.59. The fraction of sp³-hybridized carbons (Fsp3) is 0.0588. The first-order chi connectivity index (χ1) is 10.6. The van der Waals surface area contributed by atoms with E-state index in [4.69, 9.17) is 0 Å². The molecular weight excluding hydrogens is 296 g/mol. The fourth-order valence-corrected chi connectivity index (χ4v) is 2.78. The van der Waals surface area contributed by atoms with Gasteiger partial charge in [-0.05, 0) is 54.6 Å². The SMILES string of the molecule is Cc1ccc(C=C2SC(=Nc3ccc(O)cc3)NC2=O)cc1. The van der Waals surface area contributed by atoms with Crippen LogP contribution in [-0.4, -0.2) is 16.2 Å². The van der Waals surface area contributed by atoms with Gasteiger partial charge in [-0.1, -0.05) is 29.8 Å². The molecule has 0 aliphatic carbocycles. The van der Waals surface area contributed by atoms with E-state index < -0.39 is 0 Å². The van der Waals surface area contributed by atoms with Gasteiger partial charge in [-0.25, -0.2) is 4.99 Å². The van der Waals surface area contributed by atoms with Crippen molar-refractivity contribution in [1.82, 2.24) is 5.32 Å². The molecular formula is C17H14N2O2S. The van der Waals surface area contributed by atoms with Crippen molar-refractivity contribution in [2.45, 2.75) is 6.92 Å². The van der Waals surface area contributed by atoms with Crippen molar-refractivity contribution in [1.29, 1.82) is 0 Å². The molecule has 4 nitrogen and oxygen atoms in total. The molecule has 110 valence electrons. The summed E-state index contributed by atoms with van der Waals surface area (Å²) >= 11 is 1.30. The predicted molar refractivity (Wildman–Crippen MR) is 90.1 cm³/mol. The molecule has 0 saturated carbocycles. The second kappa shape index (κ2) is 6.07. The summed E-state index contributed by atoms with van der Waals surface area (Å²) in [4.78, 5) is 16.9. The van der Waals surface area contributed by atoms with E-state index in [9.17, 15) is 9.90 Å². The second-order valence-electron chi connectivity index (χ2n) is 4.91. The van der Waals surface area contributed by atoms with Gasteiger partial charge in [0.05, 0.1) is 10.6 Å². The first-order valence-electron chi connectivity index (χ1n) is 6.75. The van der Waals surface area contributed by atoms with Crippen LogP contribution in [0.15, 0.2) is 58.4 Å². The number of hydrogen-bond donors (Lipinski definition) is 2. The Morgan fingerprint density at radius 3 is 2.45 bits per heavy atom. The Labute approximate surface area is 132 Å². The quantitative estimate of drug-likeness (QED) is 0.833. The molecule has 22 heavy (non-hydrogen) atoms. The number of carbonyl (C=O) groups is 1. The van der Waals surface area contributed by atoms with Crippen molar-refractivity contribution >= 4 is 34.6 Å². The highest BCUT2D eigenvalue weighted by molar-refractivity contribution is 8.18. The Morgan fingerprint density at radius 1 is 1.09 bits per heavy atom. The molecule has 1 saturated heterocycles. The zero-order valence-corrected chi connectivity index (χ0v) is 12.7. The van der Waals surface area contributed by atoms with E-state index in [1.807, 2.05) is 37.3 Å². The van der Waals surface area contributed by atoms with Crippen molar-refractivity contribution < 1.29 is 9.90 Å². The van der Waals surface area contributed by atoms with Gasteiger partial charge in [-0.15, -0.1) is 0 Å². The molecule has 0 radical (unpaired) electrons. The zero-order valence-electron chi connectivity index (χ0n) is 11.9. The third-order valence-corrected chi connectivity index (χ3v) is 4.02. The monoisotopic (exact) mass is 310 g/mol. The smallest absolute Gasteiger partial charge is 0.264 e. The number of aliphatic imine (C=N–C) groups is 1. The average molecular weight is 310 g/mol. The molecule has 2 aromatic rings. The average Bonchev–Trinajstić information content (AvgIpc) is 2.84. The summed E-state index contributed by atoms with van der Waals surface area (Å²) in [5.74, 6) is 0.0371. The van der Waals surface area contributed by atoms with Crippen LogP contribution in [0.25, 0.3) is 6.08 Å². The van der Waals surface area contributed by atoms with Crippen molar-refractivity contribution in [2.24, 2.45) is 4.99 Å². The first kappa shape index (κ1) is 14.4. The summed E-state index contributed by atoms with van der Waals surface area (Å²) in [5, 5.41) is 12.5. The molecule has 0 spiro atoms. The van der Waals surface area contributed by atoms with Crippen LogP contribution in [0.1, 0.15) is 11.1 Å². The number of benzene rings is 2. The molecule has 1 fully saturated rings. The summed E-state index contributed by atoms with van der Waals surface area (Å²) in [6, 6.07) is 14.5. The largest absolute Gasteiger partial charge is 0.508 e. The molecule has 0 aromatic heterocycles. The number of thioether (sulfide) groups is 1. The van der Waals surface area contributed by atoms with Crippen LogP contribution in [0.3, 0.4) is 0 Å². The number of phenols is 1. The van der Waals surface area contributed by atoms with Crippen LogP contribution in [-0.2, 0) is 4.79 Å². The first-order valence-corrected chi connectivity index (χ1v) is 7.57. The molecule has 2 N–H and O–H groups in total. The number of amidine groups is 1. The summed E-state index contributed by atoms with van der Waals surface area (Å²) in [7, 11) is 0. The highest BCUT2D eigenvalue weighted by atomic mass is 32.2. The van der Waals surface area contributed by atoms with Crippen LogP contribution < -0.4 is 5.32 Å². The minimum Gasteiger partial charge on any atom is -0.508 e. The Balaban J connectivity index is 1.80. The molecule has 1 aliphatic heterocycles. The lowest BCUT2D eigenvalue weighted by atomic mass is 10.1. The summed E-state index contributed by atoms with van der Waals surface area (Å²) in [6.07, 6.45) is 1.85. The topological polar surface area (TPSA) is 61.7 Å². The lowest BCUT2D eigenvalue weighted by Crippen LogP contribution is -2.19. The lowest BCUT2D eigenvalue weighted by Gasteiger charge is -1.96. The van der Waals surface area contributed by atoms with E-state index in [0.717, 1.165) is 5.56 Å². The standard InChI is InChI=1S/C17H14N2O2S/c1-11-2-4-12(5-3-11)10-15-16(21)19-17(22-15)18-13-6-8-14(20)9-7-13/h2-10,20H,1H3,(H,18,19,21). The van der Waals surface area contributed by atoms with Crippen LogP contribution in [0.2, 0.25) is 0 Å². The minimum atomic E-state index is -0.150. The van der Waals surface area contributed by atoms with Gasteiger partial charge in [-0.2, -0.15) is 0 Å². The summed E-state index contributed by atoms with van der Waals surface area (Å²) < 4.78 is 0. The third-order valence-electron chi connectivity index (χ3n) is 3.11. The number of hydrogen-bond acceptors (Lipinski definition) is 4. The van der Waals surface area contributed by atoms with E-state index in [2.05, 4.69) is 10.3 Å².